The summed E-state index contributed by atoms with van der Waals surface area (Å²) in [7, 11) is 4.64. The van der Waals surface area contributed by atoms with Crippen molar-refractivity contribution in [2.45, 2.75) is 13.0 Å². The van der Waals surface area contributed by atoms with E-state index in [-0.39, 0.29) is 17.9 Å². The zero-order valence-electron chi connectivity index (χ0n) is 19.7. The monoisotopic (exact) mass is 474 g/mol. The number of methoxy groups -OCH3 is 3. The van der Waals surface area contributed by atoms with Crippen LogP contribution in [-0.2, 0) is 17.8 Å². The maximum atomic E-state index is 12.7. The summed E-state index contributed by atoms with van der Waals surface area (Å²) in [6.07, 6.45) is 2.14. The molecule has 0 fully saturated rings. The molecule has 1 aromatic heterocycles. The molecule has 0 radical (unpaired) electrons. The van der Waals surface area contributed by atoms with E-state index in [9.17, 15) is 14.7 Å². The average Bonchev–Trinajstić information content (AvgIpc) is 3.25. The van der Waals surface area contributed by atoms with Gasteiger partial charge < -0.3 is 29.2 Å². The highest BCUT2D eigenvalue weighted by Crippen LogP contribution is 2.28. The Morgan fingerprint density at radius 3 is 2.34 bits per heavy atom. The second-order valence-corrected chi connectivity index (χ2v) is 7.96. The number of benzene rings is 3. The Hall–Kier alpha value is -4.46. The number of rotatable bonds is 9. The van der Waals surface area contributed by atoms with Gasteiger partial charge in [-0.25, -0.2) is 4.79 Å². The van der Waals surface area contributed by atoms with Crippen LogP contribution in [0.3, 0.4) is 0 Å². The molecule has 0 saturated heterocycles. The van der Waals surface area contributed by atoms with Gasteiger partial charge in [-0.05, 0) is 53.4 Å². The minimum Gasteiger partial charge on any atom is -0.496 e. The Morgan fingerprint density at radius 1 is 0.857 bits per heavy atom. The molecule has 35 heavy (non-hydrogen) atoms. The van der Waals surface area contributed by atoms with Crippen LogP contribution < -0.4 is 19.5 Å². The summed E-state index contributed by atoms with van der Waals surface area (Å²) in [6, 6.07) is 17.9. The third-order valence-electron chi connectivity index (χ3n) is 5.75. The second-order valence-electron chi connectivity index (χ2n) is 7.96. The number of carbonyl (C=O) groups excluding carboxylic acids is 1. The fourth-order valence-electron chi connectivity index (χ4n) is 3.97. The minimum atomic E-state index is -1.00. The number of hydrogen-bond acceptors (Lipinski definition) is 5. The molecule has 4 aromatic rings. The lowest BCUT2D eigenvalue weighted by Crippen LogP contribution is -2.14. The summed E-state index contributed by atoms with van der Waals surface area (Å²) in [4.78, 5) is 24.0. The Labute approximate surface area is 202 Å². The SMILES string of the molecule is COc1cc(C(=O)O)ccc1Cn1ccc2ccc(NC(=O)Cc3ccc(OC)c(OC)c3)cc21. The van der Waals surface area contributed by atoms with E-state index in [1.165, 1.54) is 13.2 Å². The lowest BCUT2D eigenvalue weighted by Gasteiger charge is -2.12. The van der Waals surface area contributed by atoms with Gasteiger partial charge in [-0.3, -0.25) is 4.79 Å². The van der Waals surface area contributed by atoms with Crippen LogP contribution in [0.2, 0.25) is 0 Å². The van der Waals surface area contributed by atoms with Crippen LogP contribution in [0.15, 0.2) is 66.9 Å². The largest absolute Gasteiger partial charge is 0.496 e. The fourth-order valence-corrected chi connectivity index (χ4v) is 3.97. The summed E-state index contributed by atoms with van der Waals surface area (Å²) in [6.45, 7) is 0.482. The smallest absolute Gasteiger partial charge is 0.335 e. The molecule has 1 heterocycles. The van der Waals surface area contributed by atoms with Crippen LogP contribution in [0.1, 0.15) is 21.5 Å². The average molecular weight is 475 g/mol. The molecule has 8 heteroatoms. The molecule has 0 aliphatic heterocycles. The summed E-state index contributed by atoms with van der Waals surface area (Å²) in [5.41, 5.74) is 3.43. The predicted octanol–water partition coefficient (Wildman–Crippen LogP) is 4.59. The molecule has 8 nitrogen and oxygen atoms in total. The number of carboxylic acids is 1. The number of aromatic nitrogens is 1. The molecule has 0 aliphatic carbocycles. The summed E-state index contributed by atoms with van der Waals surface area (Å²) >= 11 is 0. The molecular formula is C27H26N2O6. The number of anilines is 1. The van der Waals surface area contributed by atoms with Gasteiger partial charge in [0.2, 0.25) is 5.91 Å². The molecule has 180 valence electrons. The van der Waals surface area contributed by atoms with E-state index in [1.807, 2.05) is 41.1 Å². The molecule has 0 spiro atoms. The van der Waals surface area contributed by atoms with Crippen molar-refractivity contribution in [2.75, 3.05) is 26.6 Å². The van der Waals surface area contributed by atoms with Gasteiger partial charge >= 0.3 is 5.97 Å². The first-order chi connectivity index (χ1) is 16.9. The van der Waals surface area contributed by atoms with E-state index in [0.29, 0.717) is 29.5 Å². The third kappa shape index (κ3) is 5.22. The van der Waals surface area contributed by atoms with Gasteiger partial charge in [0, 0.05) is 17.4 Å². The van der Waals surface area contributed by atoms with E-state index in [2.05, 4.69) is 5.32 Å². The Balaban J connectivity index is 1.53. The van der Waals surface area contributed by atoms with Gasteiger partial charge in [0.1, 0.15) is 5.75 Å². The third-order valence-corrected chi connectivity index (χ3v) is 5.75. The lowest BCUT2D eigenvalue weighted by atomic mass is 10.1. The quantitative estimate of drug-likeness (QED) is 0.368. The van der Waals surface area contributed by atoms with Gasteiger partial charge in [0.05, 0.1) is 45.4 Å². The van der Waals surface area contributed by atoms with Crippen molar-refractivity contribution in [1.82, 2.24) is 4.57 Å². The topological polar surface area (TPSA) is 99.0 Å². The highest BCUT2D eigenvalue weighted by molar-refractivity contribution is 5.95. The number of aromatic carboxylic acids is 1. The molecule has 0 unspecified atom stereocenters. The molecular weight excluding hydrogens is 448 g/mol. The molecule has 4 rings (SSSR count). The maximum absolute atomic E-state index is 12.7. The van der Waals surface area contributed by atoms with Gasteiger partial charge in [-0.1, -0.05) is 18.2 Å². The highest BCUT2D eigenvalue weighted by atomic mass is 16.5. The van der Waals surface area contributed by atoms with Gasteiger partial charge in [0.25, 0.3) is 0 Å². The Morgan fingerprint density at radius 2 is 1.63 bits per heavy atom. The normalized spacial score (nSPS) is 10.7. The van der Waals surface area contributed by atoms with Crippen LogP contribution >= 0.6 is 0 Å². The first kappa shape index (κ1) is 23.7. The van der Waals surface area contributed by atoms with Crippen LogP contribution in [0, 0.1) is 0 Å². The first-order valence-electron chi connectivity index (χ1n) is 10.9. The zero-order chi connectivity index (χ0) is 24.9. The molecule has 0 aliphatic rings. The molecule has 0 bridgehead atoms. The standard InChI is InChI=1S/C27H26N2O6/c1-33-23-9-4-17(12-25(23)35-3)13-26(30)28-21-8-7-18-10-11-29(22(18)15-21)16-20-6-5-19(27(31)32)14-24(20)34-2/h4-12,14-15H,13,16H2,1-3H3,(H,28,30)(H,31,32). The minimum absolute atomic E-state index is 0.152. The van der Waals surface area contributed by atoms with Crippen molar-refractivity contribution in [3.05, 3.63) is 83.6 Å². The number of amides is 1. The van der Waals surface area contributed by atoms with E-state index in [4.69, 9.17) is 14.2 Å². The van der Waals surface area contributed by atoms with E-state index < -0.39 is 5.97 Å². The van der Waals surface area contributed by atoms with Crippen LogP contribution in [0.5, 0.6) is 17.2 Å². The zero-order valence-corrected chi connectivity index (χ0v) is 19.7. The van der Waals surface area contributed by atoms with E-state index in [0.717, 1.165) is 22.0 Å². The second kappa shape index (κ2) is 10.2. The molecule has 3 aromatic carbocycles. The number of fused-ring (bicyclic) bond motifs is 1. The van der Waals surface area contributed by atoms with E-state index in [1.54, 1.807) is 38.5 Å². The van der Waals surface area contributed by atoms with Crippen molar-refractivity contribution in [2.24, 2.45) is 0 Å². The van der Waals surface area contributed by atoms with Gasteiger partial charge in [0.15, 0.2) is 11.5 Å². The fraction of sp³-hybridized carbons (Fsp3) is 0.185. The van der Waals surface area contributed by atoms with Crippen molar-refractivity contribution >= 4 is 28.5 Å². The molecule has 0 atom stereocenters. The Kier molecular flexibility index (Phi) is 6.91. The lowest BCUT2D eigenvalue weighted by molar-refractivity contribution is -0.115. The number of ether oxygens (including phenoxy) is 3. The summed E-state index contributed by atoms with van der Waals surface area (Å²) in [5, 5.41) is 13.2. The van der Waals surface area contributed by atoms with Crippen molar-refractivity contribution in [1.29, 1.82) is 0 Å². The van der Waals surface area contributed by atoms with Crippen LogP contribution in [0.4, 0.5) is 5.69 Å². The first-order valence-corrected chi connectivity index (χ1v) is 10.9. The number of nitrogens with one attached hydrogen (secondary N) is 1. The van der Waals surface area contributed by atoms with Crippen LogP contribution in [-0.4, -0.2) is 42.9 Å². The van der Waals surface area contributed by atoms with Gasteiger partial charge in [-0.15, -0.1) is 0 Å². The molecule has 2 N–H and O–H groups in total. The Bertz CT molecular complexity index is 1390. The van der Waals surface area contributed by atoms with Crippen molar-refractivity contribution in [3.63, 3.8) is 0 Å². The molecule has 0 saturated carbocycles. The number of hydrogen-bond donors (Lipinski definition) is 2. The number of carbonyl (C=O) groups is 2. The number of carboxylic acid groups (broad SMARTS) is 1. The van der Waals surface area contributed by atoms with Crippen molar-refractivity contribution in [3.8, 4) is 17.2 Å². The van der Waals surface area contributed by atoms with E-state index >= 15 is 0 Å². The highest BCUT2D eigenvalue weighted by Gasteiger charge is 2.12. The number of nitrogens with zero attached hydrogens (tertiary/aromatic N) is 1. The van der Waals surface area contributed by atoms with Crippen LogP contribution in [0.25, 0.3) is 10.9 Å². The molecule has 1 amide bonds. The maximum Gasteiger partial charge on any atom is 0.335 e. The summed E-state index contributed by atoms with van der Waals surface area (Å²) < 4.78 is 18.0. The van der Waals surface area contributed by atoms with Crippen molar-refractivity contribution < 1.29 is 28.9 Å². The predicted molar refractivity (Wildman–Crippen MR) is 133 cm³/mol. The summed E-state index contributed by atoms with van der Waals surface area (Å²) in [5.74, 6) is 0.530. The van der Waals surface area contributed by atoms with Gasteiger partial charge in [-0.2, -0.15) is 0 Å².